The number of benzene rings is 2. The van der Waals surface area contributed by atoms with Gasteiger partial charge >= 0.3 is 0 Å². The van der Waals surface area contributed by atoms with Gasteiger partial charge in [-0.15, -0.1) is 0 Å². The number of phenols is 1. The molecule has 2 aromatic rings. The van der Waals surface area contributed by atoms with Crippen molar-refractivity contribution in [2.24, 2.45) is 5.41 Å². The van der Waals surface area contributed by atoms with Gasteiger partial charge in [-0.05, 0) is 78.8 Å². The number of ether oxygens (including phenoxy) is 1. The van der Waals surface area contributed by atoms with Crippen molar-refractivity contribution in [2.45, 2.75) is 63.3 Å². The van der Waals surface area contributed by atoms with Crippen molar-refractivity contribution < 1.29 is 14.9 Å². The van der Waals surface area contributed by atoms with Gasteiger partial charge in [-0.2, -0.15) is 0 Å². The summed E-state index contributed by atoms with van der Waals surface area (Å²) < 4.78 is 6.44. The smallest absolute Gasteiger partial charge is 0.115 e. The van der Waals surface area contributed by atoms with Crippen LogP contribution in [0.15, 0.2) is 42.5 Å². The second-order valence-corrected chi connectivity index (χ2v) is 8.80. The lowest BCUT2D eigenvalue weighted by molar-refractivity contribution is -0.115. The van der Waals surface area contributed by atoms with E-state index in [4.69, 9.17) is 4.74 Å². The maximum absolute atomic E-state index is 10.1. The van der Waals surface area contributed by atoms with Crippen LogP contribution in [0.1, 0.15) is 60.5 Å². The van der Waals surface area contributed by atoms with Crippen molar-refractivity contribution in [3.05, 3.63) is 64.7 Å². The number of hydrogen-bond acceptors (Lipinski definition) is 3. The molecule has 1 heterocycles. The normalized spacial score (nSPS) is 31.3. The summed E-state index contributed by atoms with van der Waals surface area (Å²) in [6.07, 6.45) is 6.18. The Hall–Kier alpha value is -1.84. The van der Waals surface area contributed by atoms with Crippen LogP contribution in [0.3, 0.4) is 0 Å². The fourth-order valence-electron chi connectivity index (χ4n) is 4.71. The summed E-state index contributed by atoms with van der Waals surface area (Å²) in [6.45, 7) is 2.15. The molecular weight excluding hydrogens is 324 g/mol. The van der Waals surface area contributed by atoms with Gasteiger partial charge in [-0.1, -0.05) is 30.3 Å². The molecule has 3 fully saturated rings. The molecule has 1 saturated heterocycles. The van der Waals surface area contributed by atoms with Crippen LogP contribution < -0.4 is 0 Å². The molecule has 136 valence electrons. The molecule has 0 unspecified atom stereocenters. The van der Waals surface area contributed by atoms with Gasteiger partial charge in [0.05, 0.1) is 17.8 Å². The van der Waals surface area contributed by atoms with E-state index in [9.17, 15) is 10.2 Å². The number of phenolic OH excluding ortho intramolecular Hbond substituents is 1. The Kier molecular flexibility index (Phi) is 3.51. The quantitative estimate of drug-likeness (QED) is 0.861. The average Bonchev–Trinajstić information content (AvgIpc) is 3.50. The van der Waals surface area contributed by atoms with Crippen molar-refractivity contribution in [1.82, 2.24) is 0 Å². The highest BCUT2D eigenvalue weighted by Crippen LogP contribution is 2.66. The van der Waals surface area contributed by atoms with Crippen molar-refractivity contribution in [1.29, 1.82) is 0 Å². The van der Waals surface area contributed by atoms with E-state index in [2.05, 4.69) is 25.1 Å². The Balaban J connectivity index is 1.42. The molecule has 3 aliphatic rings. The lowest BCUT2D eigenvalue weighted by atomic mass is 9.84. The molecule has 2 saturated carbocycles. The molecule has 2 aromatic carbocycles. The Morgan fingerprint density at radius 1 is 1.08 bits per heavy atom. The number of aliphatic hydroxyl groups is 1. The molecule has 2 N–H and O–H groups in total. The minimum Gasteiger partial charge on any atom is -0.508 e. The van der Waals surface area contributed by atoms with E-state index in [1.807, 2.05) is 12.1 Å². The average molecular weight is 350 g/mol. The van der Waals surface area contributed by atoms with Crippen LogP contribution in [0, 0.1) is 12.3 Å². The van der Waals surface area contributed by atoms with Gasteiger partial charge in [0.2, 0.25) is 0 Å². The highest BCUT2D eigenvalue weighted by atomic mass is 16.5. The van der Waals surface area contributed by atoms with Crippen molar-refractivity contribution in [3.63, 3.8) is 0 Å². The highest BCUT2D eigenvalue weighted by molar-refractivity contribution is 5.38. The molecule has 5 rings (SSSR count). The molecule has 3 heteroatoms. The van der Waals surface area contributed by atoms with E-state index in [0.717, 1.165) is 25.7 Å². The van der Waals surface area contributed by atoms with Gasteiger partial charge in [0.25, 0.3) is 0 Å². The molecular formula is C23H26O3. The molecule has 1 aliphatic heterocycles. The number of hydrogen-bond donors (Lipinski definition) is 2. The van der Waals surface area contributed by atoms with E-state index < -0.39 is 0 Å². The highest BCUT2D eigenvalue weighted by Gasteiger charge is 2.65. The minimum atomic E-state index is -0.273. The van der Waals surface area contributed by atoms with E-state index in [0.29, 0.717) is 11.2 Å². The van der Waals surface area contributed by atoms with E-state index in [1.54, 1.807) is 12.1 Å². The molecule has 0 radical (unpaired) electrons. The van der Waals surface area contributed by atoms with E-state index >= 15 is 0 Å². The fourth-order valence-corrected chi connectivity index (χ4v) is 4.71. The topological polar surface area (TPSA) is 49.7 Å². The monoisotopic (exact) mass is 350 g/mol. The Labute approximate surface area is 154 Å². The number of aryl methyl sites for hydroxylation is 1. The Morgan fingerprint density at radius 2 is 1.81 bits per heavy atom. The van der Waals surface area contributed by atoms with Crippen molar-refractivity contribution >= 4 is 0 Å². The molecule has 0 bridgehead atoms. The number of rotatable bonds is 3. The summed E-state index contributed by atoms with van der Waals surface area (Å²) in [4.78, 5) is 0. The lowest BCUT2D eigenvalue weighted by Gasteiger charge is -2.37. The Bertz CT molecular complexity index is 837. The zero-order valence-corrected chi connectivity index (χ0v) is 15.2. The second kappa shape index (κ2) is 5.58. The zero-order chi connectivity index (χ0) is 17.9. The summed E-state index contributed by atoms with van der Waals surface area (Å²) in [5, 5.41) is 19.6. The largest absolute Gasteiger partial charge is 0.508 e. The predicted octanol–water partition coefficient (Wildman–Crippen LogP) is 4.43. The SMILES string of the molecule is Cc1ccc([C@H]2CC3(CC3)C[C@@]3(C[C@@H]3O)O2)cc1Cc1ccc(O)cc1. The number of aromatic hydroxyl groups is 1. The van der Waals surface area contributed by atoms with Gasteiger partial charge in [-0.25, -0.2) is 0 Å². The van der Waals surface area contributed by atoms with Gasteiger partial charge in [0, 0.05) is 6.42 Å². The van der Waals surface area contributed by atoms with Gasteiger partial charge in [0.15, 0.2) is 0 Å². The maximum Gasteiger partial charge on any atom is 0.115 e. The van der Waals surface area contributed by atoms with Crippen LogP contribution >= 0.6 is 0 Å². The second-order valence-electron chi connectivity index (χ2n) is 8.80. The first-order chi connectivity index (χ1) is 12.5. The summed E-state index contributed by atoms with van der Waals surface area (Å²) in [6, 6.07) is 14.1. The fraction of sp³-hybridized carbons (Fsp3) is 0.478. The first kappa shape index (κ1) is 16.3. The van der Waals surface area contributed by atoms with E-state index in [1.165, 1.54) is 35.1 Å². The first-order valence-corrected chi connectivity index (χ1v) is 9.70. The summed E-state index contributed by atoms with van der Waals surface area (Å²) in [5.41, 5.74) is 5.18. The summed E-state index contributed by atoms with van der Waals surface area (Å²) in [7, 11) is 0. The molecule has 2 spiro atoms. The van der Waals surface area contributed by atoms with Crippen LogP contribution in [0.5, 0.6) is 5.75 Å². The van der Waals surface area contributed by atoms with Crippen LogP contribution in [-0.2, 0) is 11.2 Å². The molecule has 3 atom stereocenters. The molecule has 0 amide bonds. The molecule has 26 heavy (non-hydrogen) atoms. The van der Waals surface area contributed by atoms with E-state index in [-0.39, 0.29) is 17.8 Å². The standard InChI is InChI=1S/C23H26O3/c1-15-2-5-17(11-18(15)10-16-3-6-19(24)7-4-16)20-12-22(8-9-22)14-23(26-20)13-21(23)25/h2-7,11,20-21,24-25H,8-10,12-14H2,1H3/t20-,21+,23-/m1/s1. The third-order valence-electron chi connectivity index (χ3n) is 6.69. The van der Waals surface area contributed by atoms with Crippen molar-refractivity contribution in [2.75, 3.05) is 0 Å². The number of aliphatic hydroxyl groups excluding tert-OH is 1. The van der Waals surface area contributed by atoms with Crippen LogP contribution in [0.2, 0.25) is 0 Å². The predicted molar refractivity (Wildman–Crippen MR) is 100 cm³/mol. The minimum absolute atomic E-state index is 0.0996. The zero-order valence-electron chi connectivity index (χ0n) is 15.2. The molecule has 0 aromatic heterocycles. The van der Waals surface area contributed by atoms with Gasteiger partial charge in [0.1, 0.15) is 5.75 Å². The van der Waals surface area contributed by atoms with Crippen LogP contribution in [-0.4, -0.2) is 21.9 Å². The van der Waals surface area contributed by atoms with Crippen LogP contribution in [0.4, 0.5) is 0 Å². The Morgan fingerprint density at radius 3 is 2.46 bits per heavy atom. The molecule has 2 aliphatic carbocycles. The maximum atomic E-state index is 10.1. The third kappa shape index (κ3) is 2.83. The van der Waals surface area contributed by atoms with Crippen LogP contribution in [0.25, 0.3) is 0 Å². The van der Waals surface area contributed by atoms with Gasteiger partial charge < -0.3 is 14.9 Å². The molecule has 3 nitrogen and oxygen atoms in total. The summed E-state index contributed by atoms with van der Waals surface area (Å²) in [5.74, 6) is 0.304. The summed E-state index contributed by atoms with van der Waals surface area (Å²) >= 11 is 0. The first-order valence-electron chi connectivity index (χ1n) is 9.70. The lowest BCUT2D eigenvalue weighted by Crippen LogP contribution is -2.33. The third-order valence-corrected chi connectivity index (χ3v) is 6.69. The van der Waals surface area contributed by atoms with Gasteiger partial charge in [-0.3, -0.25) is 0 Å². The van der Waals surface area contributed by atoms with Crippen molar-refractivity contribution in [3.8, 4) is 5.75 Å².